The van der Waals surface area contributed by atoms with Crippen molar-refractivity contribution in [2.45, 2.75) is 37.3 Å². The summed E-state index contributed by atoms with van der Waals surface area (Å²) in [7, 11) is 1.68. The fraction of sp³-hybridized carbons (Fsp3) is 0.600. The molecule has 1 saturated heterocycles. The molecule has 0 bridgehead atoms. The van der Waals surface area contributed by atoms with E-state index in [2.05, 4.69) is 17.4 Å². The molecule has 1 aliphatic heterocycles. The van der Waals surface area contributed by atoms with Crippen LogP contribution in [0.5, 0.6) is 11.5 Å². The van der Waals surface area contributed by atoms with Crippen LogP contribution in [0.15, 0.2) is 18.2 Å². The Labute approximate surface area is 114 Å². The maximum Gasteiger partial charge on any atom is 0.161 e. The largest absolute Gasteiger partial charge is 0.493 e. The third kappa shape index (κ3) is 2.69. The van der Waals surface area contributed by atoms with Crippen LogP contribution < -0.4 is 20.5 Å². The Balaban J connectivity index is 1.80. The Bertz CT molecular complexity index is 451. The van der Waals surface area contributed by atoms with Gasteiger partial charge in [-0.3, -0.25) is 0 Å². The number of methoxy groups -OCH3 is 1. The molecule has 0 radical (unpaired) electrons. The zero-order valence-electron chi connectivity index (χ0n) is 11.4. The van der Waals surface area contributed by atoms with Gasteiger partial charge >= 0.3 is 0 Å². The molecule has 4 nitrogen and oxygen atoms in total. The van der Waals surface area contributed by atoms with Gasteiger partial charge in [0.15, 0.2) is 11.5 Å². The summed E-state index contributed by atoms with van der Waals surface area (Å²) in [5.74, 6) is 1.61. The van der Waals surface area contributed by atoms with E-state index >= 15 is 0 Å². The molecule has 1 aromatic rings. The van der Waals surface area contributed by atoms with E-state index in [-0.39, 0.29) is 11.6 Å². The summed E-state index contributed by atoms with van der Waals surface area (Å²) in [6, 6.07) is 6.08. The molecular formula is C15H22N2O2. The van der Waals surface area contributed by atoms with Crippen LogP contribution in [0.3, 0.4) is 0 Å². The molecule has 2 fully saturated rings. The smallest absolute Gasteiger partial charge is 0.161 e. The minimum absolute atomic E-state index is 0.130. The van der Waals surface area contributed by atoms with Gasteiger partial charge in [-0.2, -0.15) is 0 Å². The van der Waals surface area contributed by atoms with Crippen LogP contribution in [0.1, 0.15) is 31.2 Å². The molecule has 3 rings (SSSR count). The SMILES string of the molecule is COc1ccc(C2(N)CC2)cc1OC1CCCNC1. The predicted octanol–water partition coefficient (Wildman–Crippen LogP) is 1.77. The third-order valence-electron chi connectivity index (χ3n) is 4.07. The number of nitrogens with one attached hydrogen (secondary N) is 1. The van der Waals surface area contributed by atoms with Crippen LogP contribution in [0.25, 0.3) is 0 Å². The molecule has 1 unspecified atom stereocenters. The molecule has 104 valence electrons. The highest BCUT2D eigenvalue weighted by Gasteiger charge is 2.40. The first-order valence-electron chi connectivity index (χ1n) is 7.06. The van der Waals surface area contributed by atoms with Gasteiger partial charge in [0.25, 0.3) is 0 Å². The van der Waals surface area contributed by atoms with Crippen molar-refractivity contribution in [3.8, 4) is 11.5 Å². The van der Waals surface area contributed by atoms with Crippen molar-refractivity contribution in [3.63, 3.8) is 0 Å². The fourth-order valence-electron chi connectivity index (χ4n) is 2.60. The number of benzene rings is 1. The van der Waals surface area contributed by atoms with Gasteiger partial charge in [0, 0.05) is 12.1 Å². The standard InChI is InChI=1S/C15H22N2O2/c1-18-13-5-4-11(15(16)6-7-15)9-14(13)19-12-3-2-8-17-10-12/h4-5,9,12,17H,2-3,6-8,10,16H2,1H3. The Morgan fingerprint density at radius 1 is 1.32 bits per heavy atom. The first kappa shape index (κ1) is 12.8. The van der Waals surface area contributed by atoms with Crippen LogP contribution >= 0.6 is 0 Å². The highest BCUT2D eigenvalue weighted by molar-refractivity contribution is 5.46. The van der Waals surface area contributed by atoms with Gasteiger partial charge in [-0.05, 0) is 49.9 Å². The van der Waals surface area contributed by atoms with Crippen molar-refractivity contribution in [1.82, 2.24) is 5.32 Å². The van der Waals surface area contributed by atoms with Crippen molar-refractivity contribution >= 4 is 0 Å². The molecule has 4 heteroatoms. The number of hydrogen-bond donors (Lipinski definition) is 2. The van der Waals surface area contributed by atoms with E-state index in [4.69, 9.17) is 15.2 Å². The van der Waals surface area contributed by atoms with E-state index in [1.54, 1.807) is 7.11 Å². The molecule has 1 atom stereocenters. The van der Waals surface area contributed by atoms with E-state index in [1.165, 1.54) is 0 Å². The first-order chi connectivity index (χ1) is 9.21. The van der Waals surface area contributed by atoms with E-state index in [9.17, 15) is 0 Å². The van der Waals surface area contributed by atoms with Crippen LogP contribution in [-0.4, -0.2) is 26.3 Å². The normalized spacial score (nSPS) is 24.8. The topological polar surface area (TPSA) is 56.5 Å². The molecule has 19 heavy (non-hydrogen) atoms. The molecular weight excluding hydrogens is 240 g/mol. The quantitative estimate of drug-likeness (QED) is 0.868. The Kier molecular flexibility index (Phi) is 3.37. The molecule has 1 aromatic carbocycles. The highest BCUT2D eigenvalue weighted by atomic mass is 16.5. The molecule has 1 saturated carbocycles. The number of ether oxygens (including phenoxy) is 2. The van der Waals surface area contributed by atoms with Gasteiger partial charge in [-0.1, -0.05) is 6.07 Å². The number of rotatable bonds is 4. The van der Waals surface area contributed by atoms with Crippen molar-refractivity contribution in [2.75, 3.05) is 20.2 Å². The summed E-state index contributed by atoms with van der Waals surface area (Å²) in [6.07, 6.45) is 4.60. The molecule has 2 aliphatic rings. The van der Waals surface area contributed by atoms with Crippen LogP contribution in [0.4, 0.5) is 0 Å². The molecule has 0 spiro atoms. The third-order valence-corrected chi connectivity index (χ3v) is 4.07. The first-order valence-corrected chi connectivity index (χ1v) is 7.06. The lowest BCUT2D eigenvalue weighted by atomic mass is 10.0. The molecule has 3 N–H and O–H groups in total. The Morgan fingerprint density at radius 2 is 2.16 bits per heavy atom. The van der Waals surface area contributed by atoms with Gasteiger partial charge in [0.1, 0.15) is 6.10 Å². The summed E-state index contributed by atoms with van der Waals surface area (Å²) in [4.78, 5) is 0. The summed E-state index contributed by atoms with van der Waals surface area (Å²) < 4.78 is 11.5. The van der Waals surface area contributed by atoms with Gasteiger partial charge in [-0.15, -0.1) is 0 Å². The number of nitrogens with two attached hydrogens (primary N) is 1. The molecule has 1 heterocycles. The Hall–Kier alpha value is -1.26. The van der Waals surface area contributed by atoms with Gasteiger partial charge in [0.2, 0.25) is 0 Å². The minimum Gasteiger partial charge on any atom is -0.493 e. The van der Waals surface area contributed by atoms with Gasteiger partial charge < -0.3 is 20.5 Å². The minimum atomic E-state index is -0.130. The van der Waals surface area contributed by atoms with E-state index < -0.39 is 0 Å². The number of piperidine rings is 1. The average molecular weight is 262 g/mol. The van der Waals surface area contributed by atoms with Crippen molar-refractivity contribution < 1.29 is 9.47 Å². The van der Waals surface area contributed by atoms with Crippen molar-refractivity contribution in [1.29, 1.82) is 0 Å². The molecule has 1 aliphatic carbocycles. The lowest BCUT2D eigenvalue weighted by molar-refractivity contribution is 0.161. The number of hydrogen-bond acceptors (Lipinski definition) is 4. The van der Waals surface area contributed by atoms with Gasteiger partial charge in [0.05, 0.1) is 7.11 Å². The van der Waals surface area contributed by atoms with Crippen molar-refractivity contribution in [2.24, 2.45) is 5.73 Å². The van der Waals surface area contributed by atoms with E-state index in [0.717, 1.165) is 55.8 Å². The predicted molar refractivity (Wildman–Crippen MR) is 74.6 cm³/mol. The maximum atomic E-state index is 6.25. The lowest BCUT2D eigenvalue weighted by Gasteiger charge is -2.25. The Morgan fingerprint density at radius 3 is 2.79 bits per heavy atom. The summed E-state index contributed by atoms with van der Waals surface area (Å²) in [6.45, 7) is 1.99. The average Bonchev–Trinajstić information content (AvgIpc) is 3.19. The van der Waals surface area contributed by atoms with E-state index in [1.807, 2.05) is 6.07 Å². The maximum absolute atomic E-state index is 6.25. The van der Waals surface area contributed by atoms with Crippen LogP contribution in [-0.2, 0) is 5.54 Å². The second kappa shape index (κ2) is 5.02. The van der Waals surface area contributed by atoms with Crippen LogP contribution in [0.2, 0.25) is 0 Å². The summed E-state index contributed by atoms with van der Waals surface area (Å²) >= 11 is 0. The van der Waals surface area contributed by atoms with Gasteiger partial charge in [-0.25, -0.2) is 0 Å². The zero-order chi connectivity index (χ0) is 13.3. The van der Waals surface area contributed by atoms with Crippen molar-refractivity contribution in [3.05, 3.63) is 23.8 Å². The fourth-order valence-corrected chi connectivity index (χ4v) is 2.60. The highest BCUT2D eigenvalue weighted by Crippen LogP contribution is 2.45. The van der Waals surface area contributed by atoms with E-state index in [0.29, 0.717) is 0 Å². The lowest BCUT2D eigenvalue weighted by Crippen LogP contribution is -2.37. The molecule has 0 amide bonds. The summed E-state index contributed by atoms with van der Waals surface area (Å²) in [5.41, 5.74) is 7.28. The molecule has 0 aromatic heterocycles. The second-order valence-electron chi connectivity index (χ2n) is 5.61. The summed E-state index contributed by atoms with van der Waals surface area (Å²) in [5, 5.41) is 3.36. The van der Waals surface area contributed by atoms with Crippen LogP contribution in [0, 0.1) is 0 Å². The monoisotopic (exact) mass is 262 g/mol. The zero-order valence-corrected chi connectivity index (χ0v) is 11.4. The second-order valence-corrected chi connectivity index (χ2v) is 5.61.